The van der Waals surface area contributed by atoms with Gasteiger partial charge in [-0.05, 0) is 25.5 Å². The maximum Gasteiger partial charge on any atom is 0.387 e. The minimum Gasteiger partial charge on any atom is -0.434 e. The van der Waals surface area contributed by atoms with Crippen LogP contribution in [0.3, 0.4) is 0 Å². The first kappa shape index (κ1) is 17.1. The van der Waals surface area contributed by atoms with Crippen molar-refractivity contribution in [1.82, 2.24) is 10.3 Å². The maximum atomic E-state index is 12.3. The summed E-state index contributed by atoms with van der Waals surface area (Å²) in [6, 6.07) is 3.96. The SMILES string of the molecule is CCC(NC(=O)Nc1cccc(OC(F)F)c1C)c1nccs1. The van der Waals surface area contributed by atoms with Gasteiger partial charge in [-0.25, -0.2) is 9.78 Å². The molecule has 0 aliphatic heterocycles. The fourth-order valence-electron chi connectivity index (χ4n) is 2.04. The van der Waals surface area contributed by atoms with E-state index in [4.69, 9.17) is 0 Å². The molecule has 0 saturated heterocycles. The molecule has 5 nitrogen and oxygen atoms in total. The number of nitrogens with one attached hydrogen (secondary N) is 2. The lowest BCUT2D eigenvalue weighted by molar-refractivity contribution is -0.0502. The Morgan fingerprint density at radius 2 is 2.22 bits per heavy atom. The van der Waals surface area contributed by atoms with E-state index in [1.807, 2.05) is 12.3 Å². The van der Waals surface area contributed by atoms with Crippen LogP contribution >= 0.6 is 11.3 Å². The zero-order valence-electron chi connectivity index (χ0n) is 12.7. The van der Waals surface area contributed by atoms with E-state index in [2.05, 4.69) is 20.4 Å². The molecule has 0 saturated carbocycles. The number of anilines is 1. The number of thiazole rings is 1. The summed E-state index contributed by atoms with van der Waals surface area (Å²) in [6.07, 6.45) is 2.37. The second kappa shape index (κ2) is 7.87. The number of amides is 2. The summed E-state index contributed by atoms with van der Waals surface area (Å²) < 4.78 is 29.1. The average Bonchev–Trinajstić information content (AvgIpc) is 3.02. The fraction of sp³-hybridized carbons (Fsp3) is 0.333. The number of carbonyl (C=O) groups excluding carboxylic acids is 1. The lowest BCUT2D eigenvalue weighted by Gasteiger charge is -2.17. The predicted molar refractivity (Wildman–Crippen MR) is 85.1 cm³/mol. The van der Waals surface area contributed by atoms with Gasteiger partial charge in [0.2, 0.25) is 0 Å². The van der Waals surface area contributed by atoms with Gasteiger partial charge < -0.3 is 15.4 Å². The van der Waals surface area contributed by atoms with Crippen molar-refractivity contribution in [1.29, 1.82) is 0 Å². The first-order valence-corrected chi connectivity index (χ1v) is 7.90. The van der Waals surface area contributed by atoms with E-state index in [1.54, 1.807) is 25.3 Å². The number of aromatic nitrogens is 1. The summed E-state index contributed by atoms with van der Waals surface area (Å²) in [5, 5.41) is 8.12. The van der Waals surface area contributed by atoms with Crippen LogP contribution in [0.15, 0.2) is 29.8 Å². The molecule has 2 aromatic rings. The van der Waals surface area contributed by atoms with Gasteiger partial charge in [0.05, 0.1) is 6.04 Å². The highest BCUT2D eigenvalue weighted by atomic mass is 32.1. The van der Waals surface area contributed by atoms with Crippen molar-refractivity contribution >= 4 is 23.1 Å². The third-order valence-corrected chi connectivity index (χ3v) is 4.10. The highest BCUT2D eigenvalue weighted by Gasteiger charge is 2.16. The highest BCUT2D eigenvalue weighted by Crippen LogP contribution is 2.27. The predicted octanol–water partition coefficient (Wildman–Crippen LogP) is 4.33. The van der Waals surface area contributed by atoms with Gasteiger partial charge >= 0.3 is 12.6 Å². The number of rotatable bonds is 6. The van der Waals surface area contributed by atoms with Crippen molar-refractivity contribution in [2.45, 2.75) is 32.9 Å². The van der Waals surface area contributed by atoms with Gasteiger partial charge in [0.25, 0.3) is 0 Å². The van der Waals surface area contributed by atoms with E-state index >= 15 is 0 Å². The maximum absolute atomic E-state index is 12.3. The van der Waals surface area contributed by atoms with Crippen LogP contribution in [0.25, 0.3) is 0 Å². The van der Waals surface area contributed by atoms with E-state index < -0.39 is 12.6 Å². The molecule has 2 rings (SSSR count). The Morgan fingerprint density at radius 3 is 2.83 bits per heavy atom. The van der Waals surface area contributed by atoms with Crippen LogP contribution in [-0.4, -0.2) is 17.6 Å². The Labute approximate surface area is 136 Å². The molecule has 0 aliphatic rings. The van der Waals surface area contributed by atoms with E-state index in [-0.39, 0.29) is 11.8 Å². The summed E-state index contributed by atoms with van der Waals surface area (Å²) in [4.78, 5) is 16.3. The Bertz CT molecular complexity index is 650. The second-order valence-electron chi connectivity index (χ2n) is 4.74. The first-order valence-electron chi connectivity index (χ1n) is 7.02. The number of urea groups is 1. The number of halogens is 2. The number of hydrogen-bond donors (Lipinski definition) is 2. The number of hydrogen-bond acceptors (Lipinski definition) is 4. The van der Waals surface area contributed by atoms with Crippen LogP contribution in [0.1, 0.15) is 30.0 Å². The number of nitrogens with zero attached hydrogens (tertiary/aromatic N) is 1. The van der Waals surface area contributed by atoms with E-state index in [1.165, 1.54) is 17.4 Å². The molecule has 0 spiro atoms. The lowest BCUT2D eigenvalue weighted by Crippen LogP contribution is -2.32. The molecule has 23 heavy (non-hydrogen) atoms. The minimum absolute atomic E-state index is 0.0322. The fourth-order valence-corrected chi connectivity index (χ4v) is 2.81. The number of ether oxygens (including phenoxy) is 1. The molecule has 1 heterocycles. The second-order valence-corrected chi connectivity index (χ2v) is 5.66. The van der Waals surface area contributed by atoms with Crippen molar-refractivity contribution in [3.63, 3.8) is 0 Å². The quantitative estimate of drug-likeness (QED) is 0.822. The van der Waals surface area contributed by atoms with Crippen LogP contribution in [0.5, 0.6) is 5.75 Å². The van der Waals surface area contributed by atoms with Crippen molar-refractivity contribution < 1.29 is 18.3 Å². The highest BCUT2D eigenvalue weighted by molar-refractivity contribution is 7.09. The number of carbonyl (C=O) groups is 1. The molecule has 0 fully saturated rings. The molecule has 8 heteroatoms. The van der Waals surface area contributed by atoms with Gasteiger partial charge in [-0.15, -0.1) is 11.3 Å². The molecule has 1 atom stereocenters. The van der Waals surface area contributed by atoms with Crippen LogP contribution in [-0.2, 0) is 0 Å². The van der Waals surface area contributed by atoms with Crippen molar-refractivity contribution in [2.75, 3.05) is 5.32 Å². The molecule has 2 amide bonds. The lowest BCUT2D eigenvalue weighted by atomic mass is 10.2. The van der Waals surface area contributed by atoms with Crippen LogP contribution in [0.2, 0.25) is 0 Å². The van der Waals surface area contributed by atoms with Crippen LogP contribution < -0.4 is 15.4 Å². The van der Waals surface area contributed by atoms with Gasteiger partial charge in [0.15, 0.2) is 0 Å². The molecule has 0 radical (unpaired) electrons. The third kappa shape index (κ3) is 4.62. The number of benzene rings is 1. The molecule has 1 unspecified atom stereocenters. The van der Waals surface area contributed by atoms with Crippen LogP contribution in [0, 0.1) is 6.92 Å². The van der Waals surface area contributed by atoms with E-state index in [0.717, 1.165) is 5.01 Å². The molecular formula is C15H17F2N3O2S. The molecule has 124 valence electrons. The summed E-state index contributed by atoms with van der Waals surface area (Å²) in [5.74, 6) is 0.0322. The van der Waals surface area contributed by atoms with E-state index in [9.17, 15) is 13.6 Å². The van der Waals surface area contributed by atoms with Gasteiger partial charge in [-0.3, -0.25) is 0 Å². The normalized spacial score (nSPS) is 12.0. The van der Waals surface area contributed by atoms with Gasteiger partial charge in [-0.2, -0.15) is 8.78 Å². The smallest absolute Gasteiger partial charge is 0.387 e. The summed E-state index contributed by atoms with van der Waals surface area (Å²) >= 11 is 1.46. The zero-order chi connectivity index (χ0) is 16.8. The monoisotopic (exact) mass is 341 g/mol. The molecule has 1 aromatic heterocycles. The summed E-state index contributed by atoms with van der Waals surface area (Å²) in [5.41, 5.74) is 0.847. The number of alkyl halides is 2. The Hall–Kier alpha value is -2.22. The largest absolute Gasteiger partial charge is 0.434 e. The van der Waals surface area contributed by atoms with Crippen molar-refractivity contribution in [2.24, 2.45) is 0 Å². The molecule has 0 aliphatic carbocycles. The van der Waals surface area contributed by atoms with E-state index in [0.29, 0.717) is 17.7 Å². The summed E-state index contributed by atoms with van der Waals surface area (Å²) in [6.45, 7) is 0.632. The average molecular weight is 341 g/mol. The first-order chi connectivity index (χ1) is 11.0. The summed E-state index contributed by atoms with van der Waals surface area (Å²) in [7, 11) is 0. The topological polar surface area (TPSA) is 63.2 Å². The Kier molecular flexibility index (Phi) is 5.86. The molecule has 2 N–H and O–H groups in total. The van der Waals surface area contributed by atoms with Gasteiger partial charge in [0, 0.05) is 22.8 Å². The Balaban J connectivity index is 2.05. The van der Waals surface area contributed by atoms with Gasteiger partial charge in [0.1, 0.15) is 10.8 Å². The zero-order valence-corrected chi connectivity index (χ0v) is 13.5. The van der Waals surface area contributed by atoms with Gasteiger partial charge in [-0.1, -0.05) is 13.0 Å². The minimum atomic E-state index is -2.91. The molecule has 0 bridgehead atoms. The van der Waals surface area contributed by atoms with Crippen LogP contribution in [0.4, 0.5) is 19.3 Å². The standard InChI is InChI=1S/C15H17F2N3O2S/c1-3-10(13-18-7-8-23-13)19-15(21)20-11-5-4-6-12(9(11)2)22-14(16)17/h4-8,10,14H,3H2,1-2H3,(H2,19,20,21). The molecular weight excluding hydrogens is 324 g/mol. The Morgan fingerprint density at radius 1 is 1.43 bits per heavy atom. The van der Waals surface area contributed by atoms with Crippen molar-refractivity contribution in [3.8, 4) is 5.75 Å². The third-order valence-electron chi connectivity index (χ3n) is 3.21. The van der Waals surface area contributed by atoms with Crippen molar-refractivity contribution in [3.05, 3.63) is 40.3 Å². The molecule has 1 aromatic carbocycles.